The molecule has 2 aromatic carbocycles. The number of hydrogen-bond acceptors (Lipinski definition) is 7. The molecule has 34 heavy (non-hydrogen) atoms. The van der Waals surface area contributed by atoms with Gasteiger partial charge in [0.2, 0.25) is 11.8 Å². The van der Waals surface area contributed by atoms with Crippen molar-refractivity contribution in [1.29, 1.82) is 0 Å². The van der Waals surface area contributed by atoms with E-state index in [1.165, 1.54) is 7.11 Å². The number of ether oxygens (including phenoxy) is 4. The van der Waals surface area contributed by atoms with Crippen LogP contribution in [0.1, 0.15) is 29.5 Å². The van der Waals surface area contributed by atoms with Crippen LogP contribution < -0.4 is 24.4 Å². The van der Waals surface area contributed by atoms with Crippen molar-refractivity contribution in [2.24, 2.45) is 0 Å². The van der Waals surface area contributed by atoms with Crippen molar-refractivity contribution < 1.29 is 33.7 Å². The Labute approximate surface area is 198 Å². The van der Waals surface area contributed by atoms with Crippen LogP contribution >= 0.6 is 0 Å². The van der Waals surface area contributed by atoms with Crippen LogP contribution in [0.25, 0.3) is 6.08 Å². The lowest BCUT2D eigenvalue weighted by atomic mass is 9.98. The molecule has 182 valence electrons. The third-order valence-corrected chi connectivity index (χ3v) is 5.57. The predicted molar refractivity (Wildman–Crippen MR) is 125 cm³/mol. The summed E-state index contributed by atoms with van der Waals surface area (Å²) >= 11 is 0. The SMILES string of the molecule is COc1cc2c(cc1OC)CN(C(=O)/C=C/c1ccc(OCCCC(=O)NO)c(OC)c1)CC2. The number of rotatable bonds is 10. The zero-order valence-electron chi connectivity index (χ0n) is 19.6. The molecule has 9 heteroatoms. The standard InChI is InChI=1S/C25H30N2O7/c1-31-21-13-17(6-8-20(21)34-12-4-5-24(28)26-30)7-9-25(29)27-11-10-18-14-22(32-2)23(33-3)15-19(18)16-27/h6-9,13-15,30H,4-5,10-12,16H2,1-3H3,(H,26,28)/b9-7+. The van der Waals surface area contributed by atoms with Gasteiger partial charge in [-0.3, -0.25) is 14.8 Å². The first-order valence-corrected chi connectivity index (χ1v) is 10.9. The first-order valence-electron chi connectivity index (χ1n) is 10.9. The van der Waals surface area contributed by atoms with Crippen molar-refractivity contribution in [3.05, 3.63) is 53.1 Å². The Kier molecular flexibility index (Phi) is 8.75. The molecule has 0 saturated heterocycles. The van der Waals surface area contributed by atoms with Crippen molar-refractivity contribution in [2.45, 2.75) is 25.8 Å². The van der Waals surface area contributed by atoms with Crippen LogP contribution in [0.4, 0.5) is 0 Å². The number of hydrogen-bond donors (Lipinski definition) is 2. The van der Waals surface area contributed by atoms with Crippen molar-refractivity contribution in [3.63, 3.8) is 0 Å². The van der Waals surface area contributed by atoms with Crippen LogP contribution in [0.5, 0.6) is 23.0 Å². The van der Waals surface area contributed by atoms with E-state index >= 15 is 0 Å². The molecule has 2 N–H and O–H groups in total. The average Bonchev–Trinajstić information content (AvgIpc) is 2.88. The minimum atomic E-state index is -0.461. The molecular formula is C25H30N2O7. The molecule has 9 nitrogen and oxygen atoms in total. The number of methoxy groups -OCH3 is 3. The Morgan fingerprint density at radius 2 is 1.68 bits per heavy atom. The number of nitrogens with zero attached hydrogens (tertiary/aromatic N) is 1. The number of hydroxylamine groups is 1. The van der Waals surface area contributed by atoms with Crippen molar-refractivity contribution in [1.82, 2.24) is 10.4 Å². The highest BCUT2D eigenvalue weighted by Crippen LogP contribution is 2.33. The molecule has 3 rings (SSSR count). The second-order valence-electron chi connectivity index (χ2n) is 7.72. The molecule has 0 fully saturated rings. The zero-order valence-corrected chi connectivity index (χ0v) is 19.6. The lowest BCUT2D eigenvalue weighted by molar-refractivity contribution is -0.129. The maximum Gasteiger partial charge on any atom is 0.246 e. The monoisotopic (exact) mass is 470 g/mol. The minimum Gasteiger partial charge on any atom is -0.493 e. The molecule has 0 atom stereocenters. The predicted octanol–water partition coefficient (Wildman–Crippen LogP) is 2.97. The van der Waals surface area contributed by atoms with E-state index in [0.29, 0.717) is 49.1 Å². The summed E-state index contributed by atoms with van der Waals surface area (Å²) in [5, 5.41) is 8.52. The summed E-state index contributed by atoms with van der Waals surface area (Å²) in [6, 6.07) is 9.26. The van der Waals surface area contributed by atoms with Crippen LogP contribution in [-0.4, -0.2) is 56.4 Å². The Bertz CT molecular complexity index is 1050. The molecular weight excluding hydrogens is 440 g/mol. The van der Waals surface area contributed by atoms with E-state index in [2.05, 4.69) is 0 Å². The lowest BCUT2D eigenvalue weighted by Gasteiger charge is -2.28. The van der Waals surface area contributed by atoms with E-state index in [1.807, 2.05) is 18.2 Å². The van der Waals surface area contributed by atoms with E-state index in [4.69, 9.17) is 24.2 Å². The number of benzene rings is 2. The van der Waals surface area contributed by atoms with Gasteiger partial charge in [0.25, 0.3) is 0 Å². The zero-order chi connectivity index (χ0) is 24.5. The Balaban J connectivity index is 1.61. The van der Waals surface area contributed by atoms with E-state index in [9.17, 15) is 9.59 Å². The van der Waals surface area contributed by atoms with E-state index in [0.717, 1.165) is 23.1 Å². The van der Waals surface area contributed by atoms with Crippen molar-refractivity contribution in [3.8, 4) is 23.0 Å². The molecule has 2 amide bonds. The van der Waals surface area contributed by atoms with E-state index in [1.54, 1.807) is 48.9 Å². The van der Waals surface area contributed by atoms with Crippen molar-refractivity contribution in [2.75, 3.05) is 34.5 Å². The second kappa shape index (κ2) is 11.9. The minimum absolute atomic E-state index is 0.0816. The number of carbonyl (C=O) groups excluding carboxylic acids is 2. The largest absolute Gasteiger partial charge is 0.493 e. The number of carbonyl (C=O) groups is 2. The molecule has 1 heterocycles. The van der Waals surface area contributed by atoms with E-state index < -0.39 is 5.91 Å². The molecule has 0 bridgehead atoms. The smallest absolute Gasteiger partial charge is 0.246 e. The summed E-state index contributed by atoms with van der Waals surface area (Å²) in [5.41, 5.74) is 4.58. The highest BCUT2D eigenvalue weighted by Gasteiger charge is 2.21. The third-order valence-electron chi connectivity index (χ3n) is 5.57. The number of nitrogens with one attached hydrogen (secondary N) is 1. The van der Waals surface area contributed by atoms with Crippen LogP contribution in [0, 0.1) is 0 Å². The van der Waals surface area contributed by atoms with E-state index in [-0.39, 0.29) is 12.3 Å². The lowest BCUT2D eigenvalue weighted by Crippen LogP contribution is -2.34. The van der Waals surface area contributed by atoms with Crippen LogP contribution in [0.3, 0.4) is 0 Å². The first kappa shape index (κ1) is 24.9. The first-order chi connectivity index (χ1) is 16.5. The summed E-state index contributed by atoms with van der Waals surface area (Å²) in [5.74, 6) is 1.86. The Morgan fingerprint density at radius 1 is 1.00 bits per heavy atom. The molecule has 2 aromatic rings. The fraction of sp³-hybridized carbons (Fsp3) is 0.360. The maximum atomic E-state index is 12.8. The normalized spacial score (nSPS) is 12.8. The summed E-state index contributed by atoms with van der Waals surface area (Å²) < 4.78 is 21.8. The molecule has 1 aliphatic rings. The van der Waals surface area contributed by atoms with Crippen LogP contribution in [-0.2, 0) is 22.6 Å². The van der Waals surface area contributed by atoms with Crippen molar-refractivity contribution >= 4 is 17.9 Å². The second-order valence-corrected chi connectivity index (χ2v) is 7.72. The van der Waals surface area contributed by atoms with Crippen LogP contribution in [0.2, 0.25) is 0 Å². The van der Waals surface area contributed by atoms with Gasteiger partial charge in [0.05, 0.1) is 27.9 Å². The molecule has 0 aromatic heterocycles. The summed E-state index contributed by atoms with van der Waals surface area (Å²) in [7, 11) is 4.74. The molecule has 0 radical (unpaired) electrons. The van der Waals surface area contributed by atoms with Gasteiger partial charge in [-0.1, -0.05) is 6.07 Å². The molecule has 0 aliphatic carbocycles. The fourth-order valence-electron chi connectivity index (χ4n) is 3.72. The third kappa shape index (κ3) is 6.20. The highest BCUT2D eigenvalue weighted by molar-refractivity contribution is 5.92. The van der Waals surface area contributed by atoms with Gasteiger partial charge in [0, 0.05) is 25.6 Å². The van der Waals surface area contributed by atoms with Gasteiger partial charge in [-0.05, 0) is 59.9 Å². The summed E-state index contributed by atoms with van der Waals surface area (Å²) in [6.45, 7) is 1.42. The summed E-state index contributed by atoms with van der Waals surface area (Å²) in [4.78, 5) is 25.7. The Hall–Kier alpha value is -3.72. The van der Waals surface area contributed by atoms with Gasteiger partial charge in [-0.2, -0.15) is 0 Å². The number of amides is 2. The van der Waals surface area contributed by atoms with Gasteiger partial charge < -0.3 is 23.8 Å². The number of fused-ring (bicyclic) bond motifs is 1. The maximum absolute atomic E-state index is 12.8. The fourth-order valence-corrected chi connectivity index (χ4v) is 3.72. The van der Waals surface area contributed by atoms with Crippen LogP contribution in [0.15, 0.2) is 36.4 Å². The quantitative estimate of drug-likeness (QED) is 0.238. The topological polar surface area (TPSA) is 107 Å². The summed E-state index contributed by atoms with van der Waals surface area (Å²) in [6.07, 6.45) is 4.64. The van der Waals surface area contributed by atoms with Gasteiger partial charge in [0.1, 0.15) is 0 Å². The molecule has 1 aliphatic heterocycles. The molecule has 0 saturated carbocycles. The van der Waals surface area contributed by atoms with Gasteiger partial charge in [0.15, 0.2) is 23.0 Å². The highest BCUT2D eigenvalue weighted by atomic mass is 16.5. The van der Waals surface area contributed by atoms with Gasteiger partial charge >= 0.3 is 0 Å². The van der Waals surface area contributed by atoms with Gasteiger partial charge in [-0.25, -0.2) is 5.48 Å². The molecule has 0 unspecified atom stereocenters. The average molecular weight is 471 g/mol. The Morgan fingerprint density at radius 3 is 2.35 bits per heavy atom. The molecule has 0 spiro atoms. The van der Waals surface area contributed by atoms with Gasteiger partial charge in [-0.15, -0.1) is 0 Å².